The molecule has 1 amide bonds. The SMILES string of the molecule is Cc1cccc(-c2cc3c4c(c2)C(=O)N(C2CN5CCC2CC5)C[C@@H]4CCC3)c1. The van der Waals surface area contributed by atoms with E-state index in [2.05, 4.69) is 53.1 Å². The van der Waals surface area contributed by atoms with Gasteiger partial charge in [0.2, 0.25) is 0 Å². The van der Waals surface area contributed by atoms with Crippen molar-refractivity contribution >= 4 is 5.91 Å². The number of fused-ring (bicyclic) bond motifs is 3. The van der Waals surface area contributed by atoms with Crippen LogP contribution in [0.5, 0.6) is 0 Å². The van der Waals surface area contributed by atoms with Crippen LogP contribution < -0.4 is 0 Å². The molecule has 0 saturated carbocycles. The lowest BCUT2D eigenvalue weighted by Crippen LogP contribution is -2.60. The predicted molar refractivity (Wildman–Crippen MR) is 116 cm³/mol. The van der Waals surface area contributed by atoms with Crippen LogP contribution in [0.2, 0.25) is 0 Å². The van der Waals surface area contributed by atoms with E-state index in [9.17, 15) is 4.79 Å². The standard InChI is InChI=1S/C26H30N2O/c1-17-4-2-5-19(12-17)22-13-20-6-3-7-21-15-28(26(29)23(14-22)25(20)21)24-16-27-10-8-18(24)9-11-27/h2,4-5,12-14,18,21,24H,3,6-11,15-16H2,1H3/t21-,24?/m0/s1. The Morgan fingerprint density at radius 2 is 1.83 bits per heavy atom. The number of hydrogen-bond donors (Lipinski definition) is 0. The third-order valence-electron chi connectivity index (χ3n) is 7.95. The number of piperidine rings is 3. The van der Waals surface area contributed by atoms with Gasteiger partial charge >= 0.3 is 0 Å². The molecule has 0 aromatic heterocycles. The van der Waals surface area contributed by atoms with Gasteiger partial charge < -0.3 is 9.80 Å². The number of aryl methyl sites for hydroxylation is 2. The highest BCUT2D eigenvalue weighted by Crippen LogP contribution is 2.43. The highest BCUT2D eigenvalue weighted by molar-refractivity contribution is 5.99. The van der Waals surface area contributed by atoms with Gasteiger partial charge in [-0.1, -0.05) is 35.9 Å². The van der Waals surface area contributed by atoms with Crippen LogP contribution in [0.1, 0.15) is 58.6 Å². The van der Waals surface area contributed by atoms with Gasteiger partial charge in [0.05, 0.1) is 0 Å². The molecule has 7 rings (SSSR count). The molecule has 1 aliphatic carbocycles. The minimum atomic E-state index is 0.299. The van der Waals surface area contributed by atoms with Crippen molar-refractivity contribution in [2.45, 2.75) is 51.0 Å². The molecule has 3 nitrogen and oxygen atoms in total. The molecule has 4 aliphatic heterocycles. The average Bonchev–Trinajstić information content (AvgIpc) is 2.76. The summed E-state index contributed by atoms with van der Waals surface area (Å²) in [6.45, 7) is 6.62. The van der Waals surface area contributed by atoms with Crippen molar-refractivity contribution in [1.82, 2.24) is 9.80 Å². The molecule has 3 heteroatoms. The summed E-state index contributed by atoms with van der Waals surface area (Å²) in [4.78, 5) is 18.7. The molecule has 150 valence electrons. The normalized spacial score (nSPS) is 30.4. The lowest BCUT2D eigenvalue weighted by molar-refractivity contribution is 0.00259. The molecule has 5 aliphatic rings. The molecule has 2 aromatic carbocycles. The number of rotatable bonds is 2. The molecule has 4 heterocycles. The van der Waals surface area contributed by atoms with Crippen molar-refractivity contribution in [3.8, 4) is 11.1 Å². The lowest BCUT2D eigenvalue weighted by Gasteiger charge is -2.51. The molecule has 3 saturated heterocycles. The first-order valence-corrected chi connectivity index (χ1v) is 11.4. The highest BCUT2D eigenvalue weighted by atomic mass is 16.2. The van der Waals surface area contributed by atoms with Crippen LogP contribution in [0.3, 0.4) is 0 Å². The van der Waals surface area contributed by atoms with E-state index in [1.807, 2.05) is 0 Å². The highest BCUT2D eigenvalue weighted by Gasteiger charge is 2.44. The van der Waals surface area contributed by atoms with Gasteiger partial charge in [0.15, 0.2) is 0 Å². The minimum absolute atomic E-state index is 0.299. The molecular weight excluding hydrogens is 356 g/mol. The van der Waals surface area contributed by atoms with Crippen LogP contribution >= 0.6 is 0 Å². The van der Waals surface area contributed by atoms with Gasteiger partial charge in [-0.3, -0.25) is 4.79 Å². The van der Waals surface area contributed by atoms with Crippen LogP contribution in [0.4, 0.5) is 0 Å². The molecule has 2 aromatic rings. The summed E-state index contributed by atoms with van der Waals surface area (Å²) in [6.07, 6.45) is 6.12. The van der Waals surface area contributed by atoms with Crippen LogP contribution in [0.15, 0.2) is 36.4 Å². The van der Waals surface area contributed by atoms with Gasteiger partial charge in [-0.25, -0.2) is 0 Å². The molecule has 2 atom stereocenters. The van der Waals surface area contributed by atoms with Crippen LogP contribution in [0, 0.1) is 12.8 Å². The van der Waals surface area contributed by atoms with Crippen LogP contribution in [-0.2, 0) is 6.42 Å². The van der Waals surface area contributed by atoms with Gasteiger partial charge in [0.25, 0.3) is 5.91 Å². The number of amides is 1. The molecule has 2 bridgehead atoms. The fourth-order valence-corrected chi connectivity index (χ4v) is 6.48. The first-order valence-electron chi connectivity index (χ1n) is 11.4. The van der Waals surface area contributed by atoms with Crippen LogP contribution in [-0.4, -0.2) is 47.9 Å². The van der Waals surface area contributed by atoms with Gasteiger partial charge in [-0.2, -0.15) is 0 Å². The Balaban J connectivity index is 1.43. The van der Waals surface area contributed by atoms with Gasteiger partial charge in [0, 0.05) is 30.6 Å². The summed E-state index contributed by atoms with van der Waals surface area (Å²) in [5, 5.41) is 0. The van der Waals surface area contributed by atoms with E-state index < -0.39 is 0 Å². The smallest absolute Gasteiger partial charge is 0.254 e. The first-order chi connectivity index (χ1) is 14.2. The number of carbonyl (C=O) groups excluding carboxylic acids is 1. The molecule has 0 N–H and O–H groups in total. The number of hydrogen-bond acceptors (Lipinski definition) is 2. The summed E-state index contributed by atoms with van der Waals surface area (Å²) in [5.74, 6) is 1.54. The van der Waals surface area contributed by atoms with Crippen molar-refractivity contribution in [3.05, 3.63) is 58.7 Å². The van der Waals surface area contributed by atoms with E-state index in [0.29, 0.717) is 23.8 Å². The summed E-state index contributed by atoms with van der Waals surface area (Å²) >= 11 is 0. The van der Waals surface area contributed by atoms with Crippen molar-refractivity contribution in [3.63, 3.8) is 0 Å². The van der Waals surface area contributed by atoms with Crippen molar-refractivity contribution in [2.24, 2.45) is 5.92 Å². The Bertz CT molecular complexity index is 973. The largest absolute Gasteiger partial charge is 0.333 e. The van der Waals surface area contributed by atoms with Crippen molar-refractivity contribution in [2.75, 3.05) is 26.2 Å². The Morgan fingerprint density at radius 1 is 0.966 bits per heavy atom. The topological polar surface area (TPSA) is 23.6 Å². The third kappa shape index (κ3) is 2.85. The van der Waals surface area contributed by atoms with E-state index in [-0.39, 0.29) is 0 Å². The van der Waals surface area contributed by atoms with Gasteiger partial charge in [0.1, 0.15) is 0 Å². The summed E-state index contributed by atoms with van der Waals surface area (Å²) in [5.41, 5.74) is 7.54. The fraction of sp³-hybridized carbons (Fsp3) is 0.500. The first kappa shape index (κ1) is 17.7. The number of nitrogens with zero attached hydrogens (tertiary/aromatic N) is 2. The van der Waals surface area contributed by atoms with E-state index in [1.54, 1.807) is 0 Å². The predicted octanol–water partition coefficient (Wildman–Crippen LogP) is 4.63. The lowest BCUT2D eigenvalue weighted by atomic mass is 9.74. The maximum absolute atomic E-state index is 13.8. The maximum Gasteiger partial charge on any atom is 0.254 e. The number of carbonyl (C=O) groups is 1. The van der Waals surface area contributed by atoms with E-state index in [4.69, 9.17) is 0 Å². The molecule has 1 unspecified atom stereocenters. The molecule has 29 heavy (non-hydrogen) atoms. The zero-order chi connectivity index (χ0) is 19.5. The maximum atomic E-state index is 13.8. The Labute approximate surface area is 173 Å². The second-order valence-electron chi connectivity index (χ2n) is 9.72. The molecular formula is C26H30N2O. The van der Waals surface area contributed by atoms with E-state index in [0.717, 1.165) is 25.1 Å². The molecule has 0 radical (unpaired) electrons. The van der Waals surface area contributed by atoms with E-state index >= 15 is 0 Å². The monoisotopic (exact) mass is 386 g/mol. The van der Waals surface area contributed by atoms with Crippen LogP contribution in [0.25, 0.3) is 11.1 Å². The third-order valence-corrected chi connectivity index (χ3v) is 7.95. The van der Waals surface area contributed by atoms with Crippen molar-refractivity contribution < 1.29 is 4.79 Å². The summed E-state index contributed by atoms with van der Waals surface area (Å²) in [7, 11) is 0. The van der Waals surface area contributed by atoms with Gasteiger partial charge in [-0.05, 0) is 86.4 Å². The van der Waals surface area contributed by atoms with E-state index in [1.165, 1.54) is 66.6 Å². The minimum Gasteiger partial charge on any atom is -0.333 e. The molecule has 3 fully saturated rings. The molecule has 0 spiro atoms. The summed E-state index contributed by atoms with van der Waals surface area (Å²) in [6, 6.07) is 13.7. The fourth-order valence-electron chi connectivity index (χ4n) is 6.48. The zero-order valence-corrected chi connectivity index (χ0v) is 17.4. The zero-order valence-electron chi connectivity index (χ0n) is 17.4. The quantitative estimate of drug-likeness (QED) is 0.751. The Morgan fingerprint density at radius 3 is 2.59 bits per heavy atom. The summed E-state index contributed by atoms with van der Waals surface area (Å²) < 4.78 is 0. The van der Waals surface area contributed by atoms with Gasteiger partial charge in [-0.15, -0.1) is 0 Å². The average molecular weight is 387 g/mol. The Hall–Kier alpha value is -2.13. The second kappa shape index (κ2) is 6.70. The van der Waals surface area contributed by atoms with Crippen molar-refractivity contribution in [1.29, 1.82) is 0 Å². The number of benzene rings is 2. The second-order valence-corrected chi connectivity index (χ2v) is 9.72. The Kier molecular flexibility index (Phi) is 4.09.